The van der Waals surface area contributed by atoms with Gasteiger partial charge in [0.05, 0.1) is 12.1 Å². The molecule has 1 aromatic rings. The summed E-state index contributed by atoms with van der Waals surface area (Å²) in [5, 5.41) is 11.4. The largest absolute Gasteiger partial charge is 0.494 e. The molecule has 1 atom stereocenters. The molecule has 1 aliphatic rings. The van der Waals surface area contributed by atoms with Gasteiger partial charge in [0, 0.05) is 31.9 Å². The molecule has 0 spiro atoms. The molecule has 0 radical (unpaired) electrons. The van der Waals surface area contributed by atoms with E-state index in [1.807, 2.05) is 13.0 Å². The molecule has 0 aromatic heterocycles. The van der Waals surface area contributed by atoms with E-state index in [1.165, 1.54) is 10.8 Å². The molecule has 0 saturated heterocycles. The van der Waals surface area contributed by atoms with Gasteiger partial charge in [-0.3, -0.25) is 0 Å². The first-order chi connectivity index (χ1) is 8.99. The highest BCUT2D eigenvalue weighted by Gasteiger charge is 2.35. The van der Waals surface area contributed by atoms with Crippen LogP contribution in [0.1, 0.15) is 32.3 Å². The summed E-state index contributed by atoms with van der Waals surface area (Å²) < 4.78 is 5.60. The van der Waals surface area contributed by atoms with Crippen LogP contribution in [0.15, 0.2) is 18.2 Å². The first-order valence-electron chi connectivity index (χ1n) is 6.90. The zero-order valence-corrected chi connectivity index (χ0v) is 12.3. The molecule has 0 saturated carbocycles. The van der Waals surface area contributed by atoms with Gasteiger partial charge in [0.1, 0.15) is 5.75 Å². The van der Waals surface area contributed by atoms with Crippen molar-refractivity contribution in [2.24, 2.45) is 0 Å². The van der Waals surface area contributed by atoms with Crippen molar-refractivity contribution >= 4 is 5.69 Å². The van der Waals surface area contributed by atoms with Gasteiger partial charge in [0.2, 0.25) is 0 Å². The lowest BCUT2D eigenvalue weighted by Crippen LogP contribution is -2.38. The number of hydroxylamine groups is 2. The zero-order valence-electron chi connectivity index (χ0n) is 12.3. The fourth-order valence-corrected chi connectivity index (χ4v) is 2.79. The Morgan fingerprint density at radius 3 is 2.84 bits per heavy atom. The van der Waals surface area contributed by atoms with Gasteiger partial charge in [0.15, 0.2) is 0 Å². The van der Waals surface area contributed by atoms with Crippen LogP contribution in [0.4, 0.5) is 5.69 Å². The first kappa shape index (κ1) is 14.2. The normalized spacial score (nSPS) is 23.2. The van der Waals surface area contributed by atoms with Crippen LogP contribution in [0, 0.1) is 0 Å². The molecule has 1 heterocycles. The topological polar surface area (TPSA) is 35.9 Å². The third-order valence-electron chi connectivity index (χ3n) is 4.14. The van der Waals surface area contributed by atoms with Gasteiger partial charge in [-0.2, -0.15) is 5.06 Å². The fraction of sp³-hybridized carbons (Fsp3) is 0.600. The maximum Gasteiger partial charge on any atom is 0.119 e. The van der Waals surface area contributed by atoms with Crippen molar-refractivity contribution in [1.82, 2.24) is 5.06 Å². The summed E-state index contributed by atoms with van der Waals surface area (Å²) >= 11 is 0. The molecule has 106 valence electrons. The Kier molecular flexibility index (Phi) is 4.02. The van der Waals surface area contributed by atoms with Crippen LogP contribution < -0.4 is 9.64 Å². The SMILES string of the molecule is CCOc1ccc2c(c1)C(C)(N(C)O)CCCN2C. The van der Waals surface area contributed by atoms with E-state index in [1.54, 1.807) is 7.05 Å². The van der Waals surface area contributed by atoms with Crippen LogP contribution >= 0.6 is 0 Å². The van der Waals surface area contributed by atoms with Crippen molar-refractivity contribution in [2.75, 3.05) is 32.1 Å². The van der Waals surface area contributed by atoms with E-state index in [0.717, 1.165) is 30.7 Å². The summed E-state index contributed by atoms with van der Waals surface area (Å²) in [6, 6.07) is 6.16. The lowest BCUT2D eigenvalue weighted by molar-refractivity contribution is -0.153. The molecule has 1 unspecified atom stereocenters. The highest BCUT2D eigenvalue weighted by atomic mass is 16.5. The lowest BCUT2D eigenvalue weighted by Gasteiger charge is -2.35. The average molecular weight is 264 g/mol. The quantitative estimate of drug-likeness (QED) is 0.852. The number of anilines is 1. The number of fused-ring (bicyclic) bond motifs is 1. The maximum atomic E-state index is 10.1. The van der Waals surface area contributed by atoms with Crippen molar-refractivity contribution in [2.45, 2.75) is 32.2 Å². The molecule has 1 N–H and O–H groups in total. The highest BCUT2D eigenvalue weighted by Crippen LogP contribution is 2.41. The Labute approximate surface area is 115 Å². The summed E-state index contributed by atoms with van der Waals surface area (Å²) in [6.07, 6.45) is 1.98. The van der Waals surface area contributed by atoms with E-state index in [-0.39, 0.29) is 5.54 Å². The van der Waals surface area contributed by atoms with E-state index in [9.17, 15) is 5.21 Å². The maximum absolute atomic E-state index is 10.1. The minimum Gasteiger partial charge on any atom is -0.494 e. The molecule has 1 aliphatic heterocycles. The van der Waals surface area contributed by atoms with Crippen LogP contribution in [-0.4, -0.2) is 37.5 Å². The highest BCUT2D eigenvalue weighted by molar-refractivity contribution is 5.59. The molecule has 19 heavy (non-hydrogen) atoms. The van der Waals surface area contributed by atoms with Crippen LogP contribution in [-0.2, 0) is 5.54 Å². The van der Waals surface area contributed by atoms with Crippen LogP contribution in [0.5, 0.6) is 5.75 Å². The molecule has 0 fully saturated rings. The Morgan fingerprint density at radius 1 is 1.47 bits per heavy atom. The van der Waals surface area contributed by atoms with Crippen molar-refractivity contribution in [1.29, 1.82) is 0 Å². The van der Waals surface area contributed by atoms with E-state index in [0.29, 0.717) is 6.61 Å². The second-order valence-electron chi connectivity index (χ2n) is 5.43. The number of nitrogens with zero attached hydrogens (tertiary/aromatic N) is 2. The number of hydrogen-bond acceptors (Lipinski definition) is 4. The van der Waals surface area contributed by atoms with Gasteiger partial charge < -0.3 is 14.8 Å². The zero-order chi connectivity index (χ0) is 14.0. The minimum absolute atomic E-state index is 0.368. The summed E-state index contributed by atoms with van der Waals surface area (Å²) in [6.45, 7) is 5.72. The smallest absolute Gasteiger partial charge is 0.119 e. The molecular formula is C15H24N2O2. The molecule has 0 bridgehead atoms. The number of benzene rings is 1. The number of hydrogen-bond donors (Lipinski definition) is 1. The summed E-state index contributed by atoms with van der Waals surface area (Å²) in [5.41, 5.74) is 1.93. The molecule has 1 aromatic carbocycles. The van der Waals surface area contributed by atoms with Gasteiger partial charge in [-0.15, -0.1) is 0 Å². The fourth-order valence-electron chi connectivity index (χ4n) is 2.79. The van der Waals surface area contributed by atoms with Crippen molar-refractivity contribution in [3.63, 3.8) is 0 Å². The molecule has 0 aliphatic carbocycles. The van der Waals surface area contributed by atoms with Gasteiger partial charge in [-0.25, -0.2) is 0 Å². The predicted molar refractivity (Wildman–Crippen MR) is 77.0 cm³/mol. The third kappa shape index (κ3) is 2.55. The van der Waals surface area contributed by atoms with E-state index < -0.39 is 0 Å². The number of ether oxygens (including phenoxy) is 1. The van der Waals surface area contributed by atoms with Crippen LogP contribution in [0.2, 0.25) is 0 Å². The Hall–Kier alpha value is -1.26. The Morgan fingerprint density at radius 2 is 2.21 bits per heavy atom. The van der Waals surface area contributed by atoms with Gasteiger partial charge >= 0.3 is 0 Å². The standard InChI is InChI=1S/C15H24N2O2/c1-5-19-12-7-8-14-13(11-12)15(2,17(4)18)9-6-10-16(14)3/h7-8,11,18H,5-6,9-10H2,1-4H3. The lowest BCUT2D eigenvalue weighted by atomic mass is 9.87. The van der Waals surface area contributed by atoms with Crippen LogP contribution in [0.25, 0.3) is 0 Å². The molecular weight excluding hydrogens is 240 g/mol. The number of rotatable bonds is 3. The summed E-state index contributed by atoms with van der Waals surface area (Å²) in [4.78, 5) is 2.25. The Balaban J connectivity index is 2.53. The summed E-state index contributed by atoms with van der Waals surface area (Å²) in [7, 11) is 3.82. The van der Waals surface area contributed by atoms with E-state index in [2.05, 4.69) is 31.0 Å². The third-order valence-corrected chi connectivity index (χ3v) is 4.14. The molecule has 4 nitrogen and oxygen atoms in total. The second-order valence-corrected chi connectivity index (χ2v) is 5.43. The van der Waals surface area contributed by atoms with Crippen molar-refractivity contribution in [3.05, 3.63) is 23.8 Å². The van der Waals surface area contributed by atoms with Gasteiger partial charge in [-0.05, 0) is 44.9 Å². The Bertz CT molecular complexity index is 448. The monoisotopic (exact) mass is 264 g/mol. The van der Waals surface area contributed by atoms with Crippen molar-refractivity contribution in [3.8, 4) is 5.75 Å². The van der Waals surface area contributed by atoms with Gasteiger partial charge in [0.25, 0.3) is 0 Å². The molecule has 2 rings (SSSR count). The van der Waals surface area contributed by atoms with E-state index >= 15 is 0 Å². The first-order valence-corrected chi connectivity index (χ1v) is 6.90. The van der Waals surface area contributed by atoms with E-state index in [4.69, 9.17) is 4.74 Å². The van der Waals surface area contributed by atoms with Gasteiger partial charge in [-0.1, -0.05) is 0 Å². The predicted octanol–water partition coefficient (Wildman–Crippen LogP) is 2.85. The van der Waals surface area contributed by atoms with Crippen LogP contribution in [0.3, 0.4) is 0 Å². The molecule has 0 amide bonds. The second kappa shape index (κ2) is 5.39. The summed E-state index contributed by atoms with van der Waals surface area (Å²) in [5.74, 6) is 0.865. The minimum atomic E-state index is -0.368. The average Bonchev–Trinajstić information content (AvgIpc) is 2.49. The molecule has 4 heteroatoms. The van der Waals surface area contributed by atoms with Crippen molar-refractivity contribution < 1.29 is 9.94 Å².